The predicted octanol–water partition coefficient (Wildman–Crippen LogP) is 1.52. The van der Waals surface area contributed by atoms with Crippen molar-refractivity contribution in [2.45, 2.75) is 5.75 Å². The Hall–Kier alpha value is -1.21. The van der Waals surface area contributed by atoms with E-state index in [1.165, 1.54) is 18.5 Å². The molecule has 0 fully saturated rings. The smallest absolute Gasteiger partial charge is 0.199 e. The van der Waals surface area contributed by atoms with Crippen molar-refractivity contribution < 1.29 is 9.24 Å². The van der Waals surface area contributed by atoms with Crippen LogP contribution in [0.1, 0.15) is 5.56 Å². The summed E-state index contributed by atoms with van der Waals surface area (Å²) < 4.78 is 14.5. The number of aromatic nitrogens is 1. The molecule has 0 spiro atoms. The number of hydrogen-bond acceptors (Lipinski definition) is 4. The molecule has 0 radical (unpaired) electrons. The maximum atomic E-state index is 11.6. The first-order valence-corrected chi connectivity index (χ1v) is 6.31. The summed E-state index contributed by atoms with van der Waals surface area (Å²) in [5.41, 5.74) is 0.595. The highest BCUT2D eigenvalue weighted by molar-refractivity contribution is 7.92. The highest BCUT2D eigenvalue weighted by Crippen LogP contribution is 2.09. The largest absolute Gasteiger partial charge is 0.244 e. The zero-order valence-corrected chi connectivity index (χ0v) is 9.36. The lowest BCUT2D eigenvalue weighted by atomic mass is 10.3. The Morgan fingerprint density at radius 2 is 2.33 bits per heavy atom. The molecule has 1 unspecified atom stereocenters. The molecule has 1 atom stereocenters. The molecule has 0 amide bonds. The average molecular weight is 250 g/mol. The SMILES string of the molecule is CS(=O)(Cc1ccc(Cl)nc1)=N[N+](=O)[O-]. The van der Waals surface area contributed by atoms with Crippen molar-refractivity contribution >= 4 is 21.3 Å². The number of nitro groups is 1. The standard InChI is InChI=1S/C7H8ClN3O3S/c1-15(14,10-11(12)13)5-6-2-3-7(8)9-4-6/h2-4H,5H2,1H3. The summed E-state index contributed by atoms with van der Waals surface area (Å²) in [6.07, 6.45) is 2.64. The van der Waals surface area contributed by atoms with Crippen LogP contribution in [-0.2, 0) is 15.5 Å². The lowest BCUT2D eigenvalue weighted by molar-refractivity contribution is -0.482. The van der Waals surface area contributed by atoms with Crippen molar-refractivity contribution in [3.05, 3.63) is 39.2 Å². The van der Waals surface area contributed by atoms with Gasteiger partial charge in [-0.05, 0) is 11.6 Å². The average Bonchev–Trinajstić information content (AvgIpc) is 2.06. The molecular formula is C7H8ClN3O3S. The first kappa shape index (κ1) is 11.9. The van der Waals surface area contributed by atoms with Gasteiger partial charge in [0.1, 0.15) is 19.4 Å². The van der Waals surface area contributed by atoms with Crippen molar-refractivity contribution in [1.82, 2.24) is 4.98 Å². The van der Waals surface area contributed by atoms with Crippen LogP contribution < -0.4 is 0 Å². The summed E-state index contributed by atoms with van der Waals surface area (Å²) in [5.74, 6) is -0.0157. The Balaban J connectivity index is 2.92. The molecule has 1 aromatic rings. The van der Waals surface area contributed by atoms with Crippen LogP contribution in [0, 0.1) is 10.1 Å². The first-order chi connectivity index (χ1) is 6.89. The molecule has 1 rings (SSSR count). The van der Waals surface area contributed by atoms with E-state index in [4.69, 9.17) is 11.6 Å². The third-order valence-corrected chi connectivity index (χ3v) is 3.03. The van der Waals surface area contributed by atoms with Gasteiger partial charge >= 0.3 is 0 Å². The zero-order valence-electron chi connectivity index (χ0n) is 7.79. The fourth-order valence-corrected chi connectivity index (χ4v) is 2.21. The maximum absolute atomic E-state index is 11.6. The summed E-state index contributed by atoms with van der Waals surface area (Å²) in [6.45, 7) is 0. The summed E-state index contributed by atoms with van der Waals surface area (Å²) in [7, 11) is -2.85. The van der Waals surface area contributed by atoms with Crippen molar-refractivity contribution in [3.8, 4) is 0 Å². The lowest BCUT2D eigenvalue weighted by Gasteiger charge is -1.99. The third-order valence-electron chi connectivity index (χ3n) is 1.46. The monoisotopic (exact) mass is 249 g/mol. The van der Waals surface area contributed by atoms with E-state index in [1.807, 2.05) is 0 Å². The Bertz CT molecular complexity index is 479. The van der Waals surface area contributed by atoms with E-state index >= 15 is 0 Å². The highest BCUT2D eigenvalue weighted by Gasteiger charge is 2.09. The number of rotatable bonds is 3. The second-order valence-electron chi connectivity index (χ2n) is 2.91. The molecule has 1 aromatic heterocycles. The van der Waals surface area contributed by atoms with Crippen molar-refractivity contribution in [2.24, 2.45) is 4.47 Å². The molecule has 0 saturated heterocycles. The van der Waals surface area contributed by atoms with Crippen LogP contribution in [0.5, 0.6) is 0 Å². The second kappa shape index (κ2) is 4.54. The Morgan fingerprint density at radius 3 is 2.80 bits per heavy atom. The minimum absolute atomic E-state index is 0.0157. The van der Waals surface area contributed by atoms with Crippen LogP contribution in [-0.4, -0.2) is 20.5 Å². The number of halogens is 1. The van der Waals surface area contributed by atoms with Gasteiger partial charge in [-0.1, -0.05) is 17.7 Å². The van der Waals surface area contributed by atoms with Crippen molar-refractivity contribution in [2.75, 3.05) is 6.26 Å². The molecule has 0 aliphatic carbocycles. The summed E-state index contributed by atoms with van der Waals surface area (Å²) >= 11 is 5.55. The Kier molecular flexibility index (Phi) is 3.59. The van der Waals surface area contributed by atoms with E-state index in [0.717, 1.165) is 0 Å². The van der Waals surface area contributed by atoms with Gasteiger partial charge in [0, 0.05) is 12.5 Å². The molecule has 1 heterocycles. The van der Waals surface area contributed by atoms with Crippen LogP contribution in [0.2, 0.25) is 5.15 Å². The van der Waals surface area contributed by atoms with Crippen LogP contribution >= 0.6 is 11.6 Å². The van der Waals surface area contributed by atoms with E-state index < -0.39 is 14.8 Å². The van der Waals surface area contributed by atoms with Gasteiger partial charge in [0.25, 0.3) is 0 Å². The van der Waals surface area contributed by atoms with E-state index in [2.05, 4.69) is 9.46 Å². The van der Waals surface area contributed by atoms with Gasteiger partial charge in [-0.25, -0.2) is 19.3 Å². The van der Waals surface area contributed by atoms with Gasteiger partial charge in [0.05, 0.1) is 5.75 Å². The summed E-state index contributed by atoms with van der Waals surface area (Å²) in [5, 5.41) is 9.46. The highest BCUT2D eigenvalue weighted by atomic mass is 35.5. The maximum Gasteiger partial charge on any atom is 0.199 e. The molecule has 0 aliphatic heterocycles. The normalized spacial score (nSPS) is 14.3. The minimum atomic E-state index is -2.85. The fourth-order valence-electron chi connectivity index (χ4n) is 0.971. The van der Waals surface area contributed by atoms with Gasteiger partial charge in [-0.3, -0.25) is 0 Å². The van der Waals surface area contributed by atoms with E-state index in [9.17, 15) is 14.3 Å². The predicted molar refractivity (Wildman–Crippen MR) is 56.4 cm³/mol. The molecular weight excluding hydrogens is 242 g/mol. The van der Waals surface area contributed by atoms with Crippen molar-refractivity contribution in [3.63, 3.8) is 0 Å². The van der Waals surface area contributed by atoms with Crippen LogP contribution in [0.25, 0.3) is 0 Å². The summed E-state index contributed by atoms with van der Waals surface area (Å²) in [6, 6.07) is 3.13. The topological polar surface area (TPSA) is 85.5 Å². The van der Waals surface area contributed by atoms with Gasteiger partial charge in [0.2, 0.25) is 0 Å². The molecule has 0 aliphatic rings. The molecule has 82 valence electrons. The number of pyridine rings is 1. The third kappa shape index (κ3) is 4.22. The first-order valence-electron chi connectivity index (χ1n) is 3.84. The quantitative estimate of drug-likeness (QED) is 0.462. The van der Waals surface area contributed by atoms with Crippen LogP contribution in [0.3, 0.4) is 0 Å². The molecule has 15 heavy (non-hydrogen) atoms. The van der Waals surface area contributed by atoms with Crippen LogP contribution in [0.15, 0.2) is 22.8 Å². The zero-order chi connectivity index (χ0) is 11.5. The second-order valence-corrected chi connectivity index (χ2v) is 5.67. The molecule has 0 aromatic carbocycles. The molecule has 0 saturated carbocycles. The minimum Gasteiger partial charge on any atom is -0.244 e. The van der Waals surface area contributed by atoms with Gasteiger partial charge in [0.15, 0.2) is 5.03 Å². The van der Waals surface area contributed by atoms with Gasteiger partial charge in [-0.15, -0.1) is 0 Å². The van der Waals surface area contributed by atoms with E-state index in [1.54, 1.807) is 6.07 Å². The van der Waals surface area contributed by atoms with Crippen LogP contribution in [0.4, 0.5) is 0 Å². The molecule has 6 nitrogen and oxygen atoms in total. The Morgan fingerprint density at radius 1 is 1.67 bits per heavy atom. The molecule has 8 heteroatoms. The fraction of sp³-hybridized carbons (Fsp3) is 0.286. The van der Waals surface area contributed by atoms with Gasteiger partial charge in [-0.2, -0.15) is 0 Å². The number of nitrogens with zero attached hydrogens (tertiary/aromatic N) is 3. The van der Waals surface area contributed by atoms with Gasteiger partial charge < -0.3 is 0 Å². The summed E-state index contributed by atoms with van der Waals surface area (Å²) in [4.78, 5) is 13.9. The molecule has 0 N–H and O–H groups in total. The van der Waals surface area contributed by atoms with Crippen molar-refractivity contribution in [1.29, 1.82) is 0 Å². The lowest BCUT2D eigenvalue weighted by Crippen LogP contribution is -2.04. The molecule has 0 bridgehead atoms. The van der Waals surface area contributed by atoms with E-state index in [-0.39, 0.29) is 5.75 Å². The Labute approximate surface area is 91.6 Å². The number of hydrogen-bond donors (Lipinski definition) is 0. The van der Waals surface area contributed by atoms with E-state index in [0.29, 0.717) is 10.7 Å².